The Balaban J connectivity index is 2.35. The first-order valence-corrected chi connectivity index (χ1v) is 8.07. The third-order valence-corrected chi connectivity index (χ3v) is 4.79. The van der Waals surface area contributed by atoms with Crippen LogP contribution in [0.15, 0.2) is 29.3 Å². The summed E-state index contributed by atoms with van der Waals surface area (Å²) in [6.45, 7) is 6.11. The summed E-state index contributed by atoms with van der Waals surface area (Å²) in [4.78, 5) is 0.194. The Bertz CT molecular complexity index is 751. The molecule has 2 aromatic rings. The number of methoxy groups -OCH3 is 1. The fraction of sp³-hybridized carbons (Fsp3) is 0.357. The normalized spacial score (nSPS) is 11.4. The van der Waals surface area contributed by atoms with Gasteiger partial charge in [-0.3, -0.25) is 9.40 Å². The molecule has 0 saturated heterocycles. The van der Waals surface area contributed by atoms with Gasteiger partial charge in [0.05, 0.1) is 24.7 Å². The van der Waals surface area contributed by atoms with Gasteiger partial charge in [-0.25, -0.2) is 8.42 Å². The molecule has 0 aliphatic heterocycles. The molecule has 0 aliphatic rings. The number of nitrogens with one attached hydrogen (secondary N) is 1. The average molecular weight is 309 g/mol. The molecule has 1 aromatic carbocycles. The van der Waals surface area contributed by atoms with E-state index < -0.39 is 10.0 Å². The third-order valence-electron chi connectivity index (χ3n) is 3.33. The van der Waals surface area contributed by atoms with Crippen LogP contribution in [0.2, 0.25) is 0 Å². The minimum atomic E-state index is -3.65. The summed E-state index contributed by atoms with van der Waals surface area (Å²) in [7, 11) is -2.08. The van der Waals surface area contributed by atoms with Crippen molar-refractivity contribution in [2.45, 2.75) is 32.2 Å². The van der Waals surface area contributed by atoms with E-state index >= 15 is 0 Å². The lowest BCUT2D eigenvalue weighted by Crippen LogP contribution is -2.15. The van der Waals surface area contributed by atoms with Crippen molar-refractivity contribution in [2.24, 2.45) is 0 Å². The fourth-order valence-corrected chi connectivity index (χ4v) is 3.40. The number of rotatable bonds is 5. The van der Waals surface area contributed by atoms with Gasteiger partial charge >= 0.3 is 0 Å². The Morgan fingerprint density at radius 1 is 1.33 bits per heavy atom. The summed E-state index contributed by atoms with van der Waals surface area (Å²) in [5, 5.41) is 4.07. The van der Waals surface area contributed by atoms with Gasteiger partial charge in [0.25, 0.3) is 10.0 Å². The maximum Gasteiger partial charge on any atom is 0.265 e. The minimum absolute atomic E-state index is 0.194. The number of nitrogens with zero attached hydrogens (tertiary/aromatic N) is 2. The Morgan fingerprint density at radius 2 is 2.05 bits per heavy atom. The number of anilines is 1. The van der Waals surface area contributed by atoms with Crippen molar-refractivity contribution in [3.63, 3.8) is 0 Å². The Hall–Kier alpha value is -2.02. The van der Waals surface area contributed by atoms with Crippen LogP contribution in [-0.4, -0.2) is 25.3 Å². The number of hydrogen-bond acceptors (Lipinski definition) is 4. The van der Waals surface area contributed by atoms with E-state index in [-0.39, 0.29) is 4.90 Å². The fourth-order valence-electron chi connectivity index (χ4n) is 2.09. The van der Waals surface area contributed by atoms with Gasteiger partial charge < -0.3 is 4.74 Å². The molecule has 0 amide bonds. The smallest absolute Gasteiger partial charge is 0.265 e. The highest BCUT2D eigenvalue weighted by Crippen LogP contribution is 2.24. The monoisotopic (exact) mass is 309 g/mol. The van der Waals surface area contributed by atoms with Gasteiger partial charge in [0.1, 0.15) is 10.6 Å². The first kappa shape index (κ1) is 15.4. The molecule has 0 saturated carbocycles. The molecular formula is C14H19N3O3S. The lowest BCUT2D eigenvalue weighted by molar-refractivity contribution is 0.414. The highest BCUT2D eigenvalue weighted by molar-refractivity contribution is 7.92. The van der Waals surface area contributed by atoms with Gasteiger partial charge in [-0.05, 0) is 44.5 Å². The number of ether oxygens (including phenoxy) is 1. The molecule has 0 radical (unpaired) electrons. The molecule has 21 heavy (non-hydrogen) atoms. The second-order valence-corrected chi connectivity index (χ2v) is 6.35. The molecule has 6 nitrogen and oxygen atoms in total. The molecule has 0 unspecified atom stereocenters. The van der Waals surface area contributed by atoms with Crippen molar-refractivity contribution in [3.05, 3.63) is 35.7 Å². The van der Waals surface area contributed by atoms with Gasteiger partial charge in [0, 0.05) is 6.54 Å². The lowest BCUT2D eigenvalue weighted by atomic mass is 10.2. The second-order valence-electron chi connectivity index (χ2n) is 4.70. The van der Waals surface area contributed by atoms with E-state index in [0.29, 0.717) is 23.7 Å². The van der Waals surface area contributed by atoms with Crippen LogP contribution in [0, 0.1) is 13.8 Å². The van der Waals surface area contributed by atoms with Crippen LogP contribution in [0.3, 0.4) is 0 Å². The van der Waals surface area contributed by atoms with Crippen LogP contribution in [0.1, 0.15) is 18.2 Å². The molecule has 0 spiro atoms. The Labute approximate surface area is 124 Å². The molecule has 2 rings (SSSR count). The molecule has 7 heteroatoms. The molecule has 114 valence electrons. The van der Waals surface area contributed by atoms with E-state index in [0.717, 1.165) is 5.56 Å². The summed E-state index contributed by atoms with van der Waals surface area (Å²) in [5.41, 5.74) is 1.94. The van der Waals surface area contributed by atoms with Crippen LogP contribution in [-0.2, 0) is 16.6 Å². The standard InChI is InChI=1S/C14H19N3O3S/c1-5-17-11(3)14(9-15-17)21(18,19)16-13-7-6-12(20-4)8-10(13)2/h6-9,16H,5H2,1-4H3. The SMILES string of the molecule is CCn1ncc(S(=O)(=O)Nc2ccc(OC)cc2C)c1C. The predicted molar refractivity (Wildman–Crippen MR) is 81.2 cm³/mol. The zero-order valence-electron chi connectivity index (χ0n) is 12.5. The summed E-state index contributed by atoms with van der Waals surface area (Å²) >= 11 is 0. The Kier molecular flexibility index (Phi) is 4.22. The molecule has 1 heterocycles. The van der Waals surface area contributed by atoms with Crippen molar-refractivity contribution in [1.29, 1.82) is 0 Å². The molecule has 0 bridgehead atoms. The zero-order valence-corrected chi connectivity index (χ0v) is 13.4. The highest BCUT2D eigenvalue weighted by Gasteiger charge is 2.21. The van der Waals surface area contributed by atoms with E-state index in [1.807, 2.05) is 13.8 Å². The van der Waals surface area contributed by atoms with Crippen molar-refractivity contribution >= 4 is 15.7 Å². The van der Waals surface area contributed by atoms with Gasteiger partial charge in [0.2, 0.25) is 0 Å². The highest BCUT2D eigenvalue weighted by atomic mass is 32.2. The second kappa shape index (κ2) is 5.77. The van der Waals surface area contributed by atoms with Gasteiger partial charge in [-0.15, -0.1) is 0 Å². The number of aromatic nitrogens is 2. The number of aryl methyl sites for hydroxylation is 2. The lowest BCUT2D eigenvalue weighted by Gasteiger charge is -2.11. The van der Waals surface area contributed by atoms with E-state index in [1.165, 1.54) is 6.20 Å². The molecule has 1 aromatic heterocycles. The zero-order chi connectivity index (χ0) is 15.6. The summed E-state index contributed by atoms with van der Waals surface area (Å²) in [5.74, 6) is 0.686. The first-order valence-electron chi connectivity index (χ1n) is 6.59. The van der Waals surface area contributed by atoms with Crippen molar-refractivity contribution in [1.82, 2.24) is 9.78 Å². The van der Waals surface area contributed by atoms with Gasteiger partial charge in [-0.2, -0.15) is 5.10 Å². The van der Waals surface area contributed by atoms with Crippen LogP contribution >= 0.6 is 0 Å². The van der Waals surface area contributed by atoms with Crippen LogP contribution in [0.25, 0.3) is 0 Å². The van der Waals surface area contributed by atoms with Crippen LogP contribution in [0.5, 0.6) is 5.75 Å². The number of hydrogen-bond donors (Lipinski definition) is 1. The summed E-state index contributed by atoms with van der Waals surface area (Å²) in [6.07, 6.45) is 1.38. The molecule has 0 aliphatic carbocycles. The molecular weight excluding hydrogens is 290 g/mol. The number of sulfonamides is 1. The number of benzene rings is 1. The largest absolute Gasteiger partial charge is 0.497 e. The van der Waals surface area contributed by atoms with Gasteiger partial charge in [0.15, 0.2) is 0 Å². The quantitative estimate of drug-likeness (QED) is 0.920. The molecule has 0 atom stereocenters. The topological polar surface area (TPSA) is 73.2 Å². The predicted octanol–water partition coefficient (Wildman–Crippen LogP) is 2.33. The van der Waals surface area contributed by atoms with E-state index in [4.69, 9.17) is 4.74 Å². The molecule has 0 fully saturated rings. The molecule has 1 N–H and O–H groups in total. The van der Waals surface area contributed by atoms with E-state index in [9.17, 15) is 8.42 Å². The summed E-state index contributed by atoms with van der Waals surface area (Å²) < 4.78 is 34.3. The van der Waals surface area contributed by atoms with Crippen LogP contribution < -0.4 is 9.46 Å². The van der Waals surface area contributed by atoms with Gasteiger partial charge in [-0.1, -0.05) is 0 Å². The maximum absolute atomic E-state index is 12.5. The average Bonchev–Trinajstić information content (AvgIpc) is 2.82. The van der Waals surface area contributed by atoms with Crippen molar-refractivity contribution in [3.8, 4) is 5.75 Å². The van der Waals surface area contributed by atoms with Crippen molar-refractivity contribution in [2.75, 3.05) is 11.8 Å². The Morgan fingerprint density at radius 3 is 2.57 bits per heavy atom. The summed E-state index contributed by atoms with van der Waals surface area (Å²) in [6, 6.07) is 5.18. The van der Waals surface area contributed by atoms with Crippen molar-refractivity contribution < 1.29 is 13.2 Å². The first-order chi connectivity index (χ1) is 9.89. The third kappa shape index (κ3) is 3.02. The van der Waals surface area contributed by atoms with E-state index in [1.54, 1.807) is 36.9 Å². The van der Waals surface area contributed by atoms with E-state index in [2.05, 4.69) is 9.82 Å². The maximum atomic E-state index is 12.5. The minimum Gasteiger partial charge on any atom is -0.497 e. The van der Waals surface area contributed by atoms with Crippen LogP contribution in [0.4, 0.5) is 5.69 Å².